The van der Waals surface area contributed by atoms with E-state index < -0.39 is 8.13 Å². The fraction of sp³-hybridized carbons (Fsp3) is 0.600. The second-order valence-corrected chi connectivity index (χ2v) is 6.39. The zero-order valence-corrected chi connectivity index (χ0v) is 11.1. The van der Waals surface area contributed by atoms with Crippen molar-refractivity contribution >= 4 is 69.6 Å². The largest absolute Gasteiger partial charge is 0.248 e. The van der Waals surface area contributed by atoms with Crippen molar-refractivity contribution in [1.29, 1.82) is 0 Å². The van der Waals surface area contributed by atoms with E-state index >= 15 is 0 Å². The number of hydrogen-bond acceptors (Lipinski definition) is 2. The predicted octanol–water partition coefficient (Wildman–Crippen LogP) is 3.47. The highest BCUT2D eigenvalue weighted by molar-refractivity contribution is 6.75. The average molecular weight is 318 g/mol. The minimum absolute atomic E-state index is 0.0103. The Balaban J connectivity index is 3.29. The predicted molar refractivity (Wildman–Crippen MR) is 59.7 cm³/mol. The molecule has 0 aliphatic carbocycles. The van der Waals surface area contributed by atoms with E-state index in [9.17, 15) is 0 Å². The minimum atomic E-state index is -1.94. The summed E-state index contributed by atoms with van der Waals surface area (Å²) in [6.07, 6.45) is 0. The van der Waals surface area contributed by atoms with Gasteiger partial charge in [0.25, 0.3) is 0 Å². The Morgan fingerprint density at radius 2 is 1.64 bits per heavy atom. The summed E-state index contributed by atoms with van der Waals surface area (Å²) in [6, 6.07) is 0. The molecule has 0 bridgehead atoms. The van der Waals surface area contributed by atoms with Crippen LogP contribution in [0.25, 0.3) is 0 Å². The van der Waals surface area contributed by atoms with Crippen molar-refractivity contribution in [2.75, 3.05) is 0 Å². The molecule has 0 aliphatic heterocycles. The number of hydrogen-bond donors (Lipinski definition) is 0. The Morgan fingerprint density at radius 3 is 1.93 bits per heavy atom. The fourth-order valence-electron chi connectivity index (χ4n) is 0.799. The first-order chi connectivity index (χ1) is 6.18. The average Bonchev–Trinajstić information content (AvgIpc) is 2.28. The van der Waals surface area contributed by atoms with Crippen molar-refractivity contribution in [1.82, 2.24) is 15.0 Å². The number of rotatable bonds is 1. The van der Waals surface area contributed by atoms with Gasteiger partial charge in [0, 0.05) is 7.05 Å². The standard InChI is InChI=1S/C5H3Cl6N3/c1-14-2(3(6)12-13-14)4(7,8)5(9,10)11/h1H3. The van der Waals surface area contributed by atoms with E-state index in [1.165, 1.54) is 11.7 Å². The van der Waals surface area contributed by atoms with Gasteiger partial charge in [0.2, 0.25) is 8.13 Å². The quantitative estimate of drug-likeness (QED) is 0.743. The molecule has 0 fully saturated rings. The molecule has 1 aromatic heterocycles. The fourth-order valence-corrected chi connectivity index (χ4v) is 1.89. The van der Waals surface area contributed by atoms with Gasteiger partial charge in [-0.05, 0) is 0 Å². The van der Waals surface area contributed by atoms with Gasteiger partial charge in [-0.25, -0.2) is 4.68 Å². The molecule has 0 saturated carbocycles. The first kappa shape index (κ1) is 12.9. The SMILES string of the molecule is Cn1nnc(Cl)c1C(Cl)(Cl)C(Cl)(Cl)Cl. The van der Waals surface area contributed by atoms with Crippen LogP contribution in [0.15, 0.2) is 0 Å². The highest BCUT2D eigenvalue weighted by Crippen LogP contribution is 2.53. The summed E-state index contributed by atoms with van der Waals surface area (Å²) in [7, 11) is 1.53. The number of halogens is 6. The van der Waals surface area contributed by atoms with E-state index in [2.05, 4.69) is 10.3 Å². The second-order valence-electron chi connectivity index (χ2n) is 2.42. The van der Waals surface area contributed by atoms with Crippen LogP contribution in [0, 0.1) is 0 Å². The molecule has 0 spiro atoms. The second kappa shape index (κ2) is 4.04. The van der Waals surface area contributed by atoms with Gasteiger partial charge in [-0.1, -0.05) is 74.8 Å². The van der Waals surface area contributed by atoms with Gasteiger partial charge in [0.05, 0.1) is 0 Å². The summed E-state index contributed by atoms with van der Waals surface area (Å²) in [5.41, 5.74) is 0.127. The first-order valence-electron chi connectivity index (χ1n) is 3.18. The van der Waals surface area contributed by atoms with E-state index in [1.54, 1.807) is 0 Å². The normalized spacial score (nSPS) is 13.4. The van der Waals surface area contributed by atoms with Gasteiger partial charge in [0.1, 0.15) is 5.69 Å². The Hall–Kier alpha value is 0.880. The molecule has 0 atom stereocenters. The molecule has 9 heteroatoms. The van der Waals surface area contributed by atoms with Crippen LogP contribution in [0.4, 0.5) is 0 Å². The molecular formula is C5H3Cl6N3. The van der Waals surface area contributed by atoms with Crippen molar-refractivity contribution in [2.24, 2.45) is 7.05 Å². The molecule has 0 radical (unpaired) electrons. The molecule has 1 aromatic rings. The molecule has 0 saturated heterocycles. The molecule has 80 valence electrons. The molecular weight excluding hydrogens is 315 g/mol. The van der Waals surface area contributed by atoms with Gasteiger partial charge in [-0.3, -0.25) is 0 Å². The van der Waals surface area contributed by atoms with Crippen LogP contribution in [0.2, 0.25) is 5.15 Å². The van der Waals surface area contributed by atoms with Gasteiger partial charge < -0.3 is 0 Å². The zero-order valence-electron chi connectivity index (χ0n) is 6.61. The summed E-state index contributed by atoms with van der Waals surface area (Å²) in [5, 5.41) is 7.11. The van der Waals surface area contributed by atoms with Gasteiger partial charge in [-0.2, -0.15) is 0 Å². The van der Waals surface area contributed by atoms with E-state index in [0.717, 1.165) is 0 Å². The number of alkyl halides is 5. The first-order valence-corrected chi connectivity index (χ1v) is 5.45. The molecule has 0 aliphatic rings. The molecule has 3 nitrogen and oxygen atoms in total. The van der Waals surface area contributed by atoms with Crippen LogP contribution in [-0.4, -0.2) is 18.8 Å². The highest BCUT2D eigenvalue weighted by atomic mass is 35.6. The van der Waals surface area contributed by atoms with Crippen LogP contribution in [0.5, 0.6) is 0 Å². The summed E-state index contributed by atoms with van der Waals surface area (Å²) < 4.78 is -2.51. The molecule has 1 rings (SSSR count). The van der Waals surface area contributed by atoms with E-state index in [0.29, 0.717) is 0 Å². The molecule has 0 N–H and O–H groups in total. The maximum absolute atomic E-state index is 5.87. The third-order valence-corrected chi connectivity index (χ3v) is 4.05. The topological polar surface area (TPSA) is 30.7 Å². The maximum atomic E-state index is 5.87. The van der Waals surface area contributed by atoms with Gasteiger partial charge in [0.15, 0.2) is 5.15 Å². The molecule has 0 aromatic carbocycles. The van der Waals surface area contributed by atoms with Crippen LogP contribution in [0.1, 0.15) is 5.69 Å². The molecule has 14 heavy (non-hydrogen) atoms. The van der Waals surface area contributed by atoms with Crippen molar-refractivity contribution in [2.45, 2.75) is 8.13 Å². The van der Waals surface area contributed by atoms with E-state index in [-0.39, 0.29) is 10.8 Å². The third kappa shape index (κ3) is 2.18. The van der Waals surface area contributed by atoms with E-state index in [4.69, 9.17) is 69.6 Å². The van der Waals surface area contributed by atoms with Crippen LogP contribution in [0.3, 0.4) is 0 Å². The molecule has 0 amide bonds. The Morgan fingerprint density at radius 1 is 1.14 bits per heavy atom. The lowest BCUT2D eigenvalue weighted by Gasteiger charge is -2.26. The monoisotopic (exact) mass is 315 g/mol. The van der Waals surface area contributed by atoms with Crippen molar-refractivity contribution in [3.05, 3.63) is 10.8 Å². The summed E-state index contributed by atoms with van der Waals surface area (Å²) in [6.45, 7) is 0. The Kier molecular flexibility index (Phi) is 3.73. The lowest BCUT2D eigenvalue weighted by atomic mass is 10.3. The van der Waals surface area contributed by atoms with Crippen molar-refractivity contribution < 1.29 is 0 Å². The smallest absolute Gasteiger partial charge is 0.228 e. The molecule has 1 heterocycles. The van der Waals surface area contributed by atoms with Crippen molar-refractivity contribution in [3.8, 4) is 0 Å². The summed E-state index contributed by atoms with van der Waals surface area (Å²) in [4.78, 5) is 0. The zero-order chi connectivity index (χ0) is 11.1. The molecule has 0 unspecified atom stereocenters. The van der Waals surface area contributed by atoms with Gasteiger partial charge >= 0.3 is 0 Å². The number of aryl methyl sites for hydroxylation is 1. The Labute approximate surface area is 110 Å². The number of nitrogens with zero attached hydrogens (tertiary/aromatic N) is 3. The van der Waals surface area contributed by atoms with Gasteiger partial charge in [-0.15, -0.1) is 5.10 Å². The van der Waals surface area contributed by atoms with Crippen molar-refractivity contribution in [3.63, 3.8) is 0 Å². The summed E-state index contributed by atoms with van der Waals surface area (Å²) in [5.74, 6) is 0. The lowest BCUT2D eigenvalue weighted by molar-refractivity contribution is 0.651. The van der Waals surface area contributed by atoms with E-state index in [1.807, 2.05) is 0 Å². The third-order valence-electron chi connectivity index (χ3n) is 1.44. The maximum Gasteiger partial charge on any atom is 0.228 e. The summed E-state index contributed by atoms with van der Waals surface area (Å²) >= 11 is 34.2. The van der Waals surface area contributed by atoms with Crippen LogP contribution < -0.4 is 0 Å². The van der Waals surface area contributed by atoms with Crippen LogP contribution >= 0.6 is 69.6 Å². The van der Waals surface area contributed by atoms with Crippen LogP contribution in [-0.2, 0) is 11.4 Å². The lowest BCUT2D eigenvalue weighted by Crippen LogP contribution is -2.31. The highest BCUT2D eigenvalue weighted by Gasteiger charge is 2.51. The minimum Gasteiger partial charge on any atom is -0.248 e. The Bertz CT molecular complexity index is 320. The number of aromatic nitrogens is 3.